The van der Waals surface area contributed by atoms with Gasteiger partial charge in [-0.2, -0.15) is 0 Å². The molecule has 0 radical (unpaired) electrons. The molecule has 0 aromatic heterocycles. The first-order valence-corrected chi connectivity index (χ1v) is 8.42. The smallest absolute Gasteiger partial charge is 0.328 e. The molecule has 3 heteroatoms. The Kier molecular flexibility index (Phi) is 15.2. The Morgan fingerprint density at radius 3 is 1.96 bits per heavy atom. The molecule has 128 valence electrons. The van der Waals surface area contributed by atoms with Gasteiger partial charge in [-0.05, 0) is 6.42 Å². The summed E-state index contributed by atoms with van der Waals surface area (Å²) in [6.45, 7) is 2.21. The van der Waals surface area contributed by atoms with Crippen LogP contribution < -0.4 is 0 Å². The van der Waals surface area contributed by atoms with Crippen molar-refractivity contribution in [2.75, 3.05) is 0 Å². The monoisotopic (exact) mass is 318 g/mol. The van der Waals surface area contributed by atoms with Gasteiger partial charge in [0.05, 0.1) is 6.10 Å². The summed E-state index contributed by atoms with van der Waals surface area (Å²) < 4.78 is 0. The first kappa shape index (κ1) is 21.1. The number of rotatable bonds is 13. The summed E-state index contributed by atoms with van der Waals surface area (Å²) in [4.78, 5) is 10.2. The molecule has 0 aliphatic rings. The van der Waals surface area contributed by atoms with Crippen LogP contribution in [0.2, 0.25) is 0 Å². The topological polar surface area (TPSA) is 57.5 Å². The Hall–Kier alpha value is -1.87. The molecule has 0 fully saturated rings. The number of hydrogen-bond donors (Lipinski definition) is 2. The van der Waals surface area contributed by atoms with E-state index in [4.69, 9.17) is 5.11 Å². The van der Waals surface area contributed by atoms with Crippen LogP contribution >= 0.6 is 0 Å². The van der Waals surface area contributed by atoms with Gasteiger partial charge in [0.2, 0.25) is 0 Å². The van der Waals surface area contributed by atoms with E-state index in [0.717, 1.165) is 18.9 Å². The molecule has 23 heavy (non-hydrogen) atoms. The Morgan fingerprint density at radius 1 is 0.826 bits per heavy atom. The predicted molar refractivity (Wildman–Crippen MR) is 97.3 cm³/mol. The third-order valence-corrected chi connectivity index (χ3v) is 3.20. The van der Waals surface area contributed by atoms with Gasteiger partial charge in [-0.1, -0.05) is 100 Å². The Balaban J connectivity index is 3.71. The van der Waals surface area contributed by atoms with Crippen molar-refractivity contribution in [2.24, 2.45) is 0 Å². The number of hydrogen-bond acceptors (Lipinski definition) is 2. The molecule has 0 saturated carbocycles. The molecule has 0 aromatic rings. The summed E-state index contributed by atoms with van der Waals surface area (Å²) in [5, 5.41) is 18.2. The largest absolute Gasteiger partial charge is 0.478 e. The Morgan fingerprint density at radius 2 is 1.35 bits per heavy atom. The SMILES string of the molecule is CCCCCCCCC(O)/C=C/C=C/C=C/C=C/C=C/C(=O)O. The number of aliphatic hydroxyl groups is 1. The van der Waals surface area contributed by atoms with Gasteiger partial charge in [0.15, 0.2) is 0 Å². The van der Waals surface area contributed by atoms with Crippen LogP contribution in [-0.2, 0) is 4.79 Å². The van der Waals surface area contributed by atoms with Crippen LogP contribution in [-0.4, -0.2) is 22.3 Å². The summed E-state index contributed by atoms with van der Waals surface area (Å²) in [5.41, 5.74) is 0. The Bertz CT molecular complexity index is 428. The molecule has 0 rings (SSSR count). The number of carbonyl (C=O) groups is 1. The zero-order chi connectivity index (χ0) is 17.2. The molecule has 0 aliphatic heterocycles. The lowest BCUT2D eigenvalue weighted by Crippen LogP contribution is -2.01. The van der Waals surface area contributed by atoms with Gasteiger partial charge in [0, 0.05) is 6.08 Å². The molecule has 0 spiro atoms. The first-order chi connectivity index (χ1) is 11.2. The maximum atomic E-state index is 10.2. The van der Waals surface area contributed by atoms with Crippen molar-refractivity contribution in [1.29, 1.82) is 0 Å². The second-order valence-corrected chi connectivity index (χ2v) is 5.36. The van der Waals surface area contributed by atoms with Gasteiger partial charge in [-0.3, -0.25) is 0 Å². The fraction of sp³-hybridized carbons (Fsp3) is 0.450. The first-order valence-electron chi connectivity index (χ1n) is 8.42. The molecule has 1 atom stereocenters. The van der Waals surface area contributed by atoms with Crippen molar-refractivity contribution >= 4 is 5.97 Å². The van der Waals surface area contributed by atoms with E-state index >= 15 is 0 Å². The van der Waals surface area contributed by atoms with E-state index in [1.165, 1.54) is 38.2 Å². The average molecular weight is 318 g/mol. The van der Waals surface area contributed by atoms with Crippen LogP contribution in [0.25, 0.3) is 0 Å². The van der Waals surface area contributed by atoms with Crippen LogP contribution in [0.4, 0.5) is 0 Å². The summed E-state index contributed by atoms with van der Waals surface area (Å²) in [6.07, 6.45) is 24.9. The lowest BCUT2D eigenvalue weighted by molar-refractivity contribution is -0.131. The molecular formula is C20H30O3. The minimum atomic E-state index is -0.955. The van der Waals surface area contributed by atoms with Crippen molar-refractivity contribution in [3.8, 4) is 0 Å². The summed E-state index contributed by atoms with van der Waals surface area (Å²) in [5.74, 6) is -0.955. The maximum Gasteiger partial charge on any atom is 0.328 e. The number of allylic oxidation sites excluding steroid dienone is 8. The van der Waals surface area contributed by atoms with E-state index in [2.05, 4.69) is 6.92 Å². The van der Waals surface area contributed by atoms with E-state index in [9.17, 15) is 9.90 Å². The predicted octanol–water partition coefficient (Wildman–Crippen LogP) is 4.96. The lowest BCUT2D eigenvalue weighted by atomic mass is 10.1. The van der Waals surface area contributed by atoms with Crippen LogP contribution in [0.1, 0.15) is 51.9 Å². The molecule has 3 nitrogen and oxygen atoms in total. The minimum Gasteiger partial charge on any atom is -0.478 e. The second-order valence-electron chi connectivity index (χ2n) is 5.36. The van der Waals surface area contributed by atoms with Crippen LogP contribution in [0.5, 0.6) is 0 Å². The fourth-order valence-corrected chi connectivity index (χ4v) is 1.95. The summed E-state index contributed by atoms with van der Waals surface area (Å²) in [7, 11) is 0. The molecule has 0 heterocycles. The van der Waals surface area contributed by atoms with Crippen LogP contribution in [0, 0.1) is 0 Å². The van der Waals surface area contributed by atoms with Gasteiger partial charge >= 0.3 is 5.97 Å². The van der Waals surface area contributed by atoms with Crippen LogP contribution in [0.15, 0.2) is 60.8 Å². The highest BCUT2D eigenvalue weighted by molar-refractivity contribution is 5.80. The molecule has 0 saturated heterocycles. The number of unbranched alkanes of at least 4 members (excludes halogenated alkanes) is 5. The van der Waals surface area contributed by atoms with E-state index < -0.39 is 5.97 Å². The third-order valence-electron chi connectivity index (χ3n) is 3.20. The van der Waals surface area contributed by atoms with Crippen molar-refractivity contribution < 1.29 is 15.0 Å². The third kappa shape index (κ3) is 18.1. The van der Waals surface area contributed by atoms with E-state index in [1.54, 1.807) is 12.2 Å². The summed E-state index contributed by atoms with van der Waals surface area (Å²) in [6, 6.07) is 0. The highest BCUT2D eigenvalue weighted by Gasteiger charge is 1.97. The molecule has 0 bridgehead atoms. The molecular weight excluding hydrogens is 288 g/mol. The second kappa shape index (κ2) is 16.5. The lowest BCUT2D eigenvalue weighted by Gasteiger charge is -2.04. The number of carboxylic acid groups (broad SMARTS) is 1. The highest BCUT2D eigenvalue weighted by atomic mass is 16.4. The zero-order valence-electron chi connectivity index (χ0n) is 14.1. The number of aliphatic carboxylic acids is 1. The molecule has 0 aliphatic carbocycles. The van der Waals surface area contributed by atoms with E-state index in [0.29, 0.717) is 0 Å². The zero-order valence-corrected chi connectivity index (χ0v) is 14.1. The Labute approximate surface area is 140 Å². The standard InChI is InChI=1S/C20H30O3/c1-2-3-4-5-10-13-16-19(21)17-14-11-8-6-7-9-12-15-18-20(22)23/h6-9,11-12,14-15,17-19,21H,2-5,10,13,16H2,1H3,(H,22,23)/b7-6+,11-8+,12-9+,17-14+,18-15+. The number of aliphatic hydroxyl groups excluding tert-OH is 1. The fourth-order valence-electron chi connectivity index (χ4n) is 1.95. The van der Waals surface area contributed by atoms with Crippen LogP contribution in [0.3, 0.4) is 0 Å². The number of carboxylic acids is 1. The quantitative estimate of drug-likeness (QED) is 0.286. The molecule has 2 N–H and O–H groups in total. The average Bonchev–Trinajstić information content (AvgIpc) is 2.52. The van der Waals surface area contributed by atoms with Gasteiger partial charge in [0.25, 0.3) is 0 Å². The summed E-state index contributed by atoms with van der Waals surface area (Å²) >= 11 is 0. The van der Waals surface area contributed by atoms with Gasteiger partial charge in [-0.25, -0.2) is 4.79 Å². The van der Waals surface area contributed by atoms with E-state index in [-0.39, 0.29) is 6.10 Å². The van der Waals surface area contributed by atoms with Crippen molar-refractivity contribution in [1.82, 2.24) is 0 Å². The van der Waals surface area contributed by atoms with Gasteiger partial charge < -0.3 is 10.2 Å². The highest BCUT2D eigenvalue weighted by Crippen LogP contribution is 2.09. The maximum absolute atomic E-state index is 10.2. The van der Waals surface area contributed by atoms with Crippen molar-refractivity contribution in [3.05, 3.63) is 60.8 Å². The normalized spacial score (nSPS) is 14.2. The van der Waals surface area contributed by atoms with Crippen molar-refractivity contribution in [2.45, 2.75) is 58.0 Å². The molecule has 0 aromatic carbocycles. The molecule has 0 amide bonds. The minimum absolute atomic E-state index is 0.365. The van der Waals surface area contributed by atoms with Crippen molar-refractivity contribution in [3.63, 3.8) is 0 Å². The van der Waals surface area contributed by atoms with Gasteiger partial charge in [-0.15, -0.1) is 0 Å². The molecule has 1 unspecified atom stereocenters. The van der Waals surface area contributed by atoms with E-state index in [1.807, 2.05) is 36.5 Å². The van der Waals surface area contributed by atoms with Gasteiger partial charge in [0.1, 0.15) is 0 Å².